The monoisotopic (exact) mass is 497 g/mol. The summed E-state index contributed by atoms with van der Waals surface area (Å²) in [6.45, 7) is 5.88. The van der Waals surface area contributed by atoms with Crippen molar-refractivity contribution >= 4 is 11.8 Å². The molecule has 0 aliphatic heterocycles. The summed E-state index contributed by atoms with van der Waals surface area (Å²) >= 11 is 0. The van der Waals surface area contributed by atoms with E-state index in [9.17, 15) is 19.6 Å². The lowest BCUT2D eigenvalue weighted by molar-refractivity contribution is -0.132. The number of carbonyl (C=O) groups is 2. The molecule has 2 unspecified atom stereocenters. The fraction of sp³-hybridized carbons (Fsp3) is 0.655. The molecule has 1 aliphatic carbocycles. The summed E-state index contributed by atoms with van der Waals surface area (Å²) in [5.41, 5.74) is 1.05. The number of terminal acetylenes is 1. The van der Waals surface area contributed by atoms with Gasteiger partial charge >= 0.3 is 0 Å². The summed E-state index contributed by atoms with van der Waals surface area (Å²) in [5, 5.41) is 20.2. The Kier molecular flexibility index (Phi) is 12.6. The van der Waals surface area contributed by atoms with Gasteiger partial charge < -0.3 is 15.7 Å². The summed E-state index contributed by atoms with van der Waals surface area (Å²) in [4.78, 5) is 38.1. The highest BCUT2D eigenvalue weighted by Crippen LogP contribution is 2.30. The van der Waals surface area contributed by atoms with E-state index < -0.39 is 30.1 Å². The average molecular weight is 498 g/mol. The molecule has 1 aromatic carbocycles. The second-order valence-electron chi connectivity index (χ2n) is 10.5. The number of nitrogens with one attached hydrogen (secondary N) is 2. The Labute approximate surface area is 216 Å². The Bertz CT molecular complexity index is 861. The smallest absolute Gasteiger partial charge is 0.243 e. The third-order valence-electron chi connectivity index (χ3n) is 7.22. The molecule has 0 saturated heterocycles. The highest BCUT2D eigenvalue weighted by molar-refractivity contribution is 5.89. The zero-order valence-electron chi connectivity index (χ0n) is 22.0. The predicted molar refractivity (Wildman–Crippen MR) is 143 cm³/mol. The number of nitrogens with zero attached hydrogens (tertiary/aromatic N) is 1. The van der Waals surface area contributed by atoms with Gasteiger partial charge in [0.25, 0.3) is 0 Å². The molecule has 5 atom stereocenters. The van der Waals surface area contributed by atoms with Gasteiger partial charge in [-0.3, -0.25) is 9.59 Å². The molecule has 2 rings (SSSR count). The molecule has 0 spiro atoms. The summed E-state index contributed by atoms with van der Waals surface area (Å²) < 4.78 is 0. The highest BCUT2D eigenvalue weighted by Gasteiger charge is 2.37. The molecule has 3 N–H and O–H groups in total. The van der Waals surface area contributed by atoms with Crippen molar-refractivity contribution in [2.45, 2.75) is 103 Å². The SMILES string of the molecule is C#CC[C@H](NC(=O)C(CC)Cc1ccccc1)C(=O)NC(C1CCCCC1)[C@@H](O)[C@H](CC(C)C)N=O. The molecule has 1 aromatic rings. The van der Waals surface area contributed by atoms with E-state index in [1.807, 2.05) is 51.1 Å². The summed E-state index contributed by atoms with van der Waals surface area (Å²) in [7, 11) is 0. The zero-order valence-corrected chi connectivity index (χ0v) is 22.0. The van der Waals surface area contributed by atoms with Crippen molar-refractivity contribution in [3.8, 4) is 12.3 Å². The molecule has 7 heteroatoms. The van der Waals surface area contributed by atoms with E-state index in [-0.39, 0.29) is 30.1 Å². The minimum Gasteiger partial charge on any atom is -0.389 e. The molecule has 198 valence electrons. The number of rotatable bonds is 14. The van der Waals surface area contributed by atoms with Gasteiger partial charge in [0.05, 0.1) is 6.04 Å². The van der Waals surface area contributed by atoms with Crippen molar-refractivity contribution in [3.63, 3.8) is 0 Å². The van der Waals surface area contributed by atoms with E-state index in [0.29, 0.717) is 19.3 Å². The van der Waals surface area contributed by atoms with Crippen LogP contribution >= 0.6 is 0 Å². The summed E-state index contributed by atoms with van der Waals surface area (Å²) in [6.07, 6.45) is 11.0. The molecular weight excluding hydrogens is 454 g/mol. The Morgan fingerprint density at radius 3 is 2.33 bits per heavy atom. The summed E-state index contributed by atoms with van der Waals surface area (Å²) in [5.74, 6) is 1.76. The first kappa shape index (κ1) is 29.5. The lowest BCUT2D eigenvalue weighted by Gasteiger charge is -2.36. The maximum Gasteiger partial charge on any atom is 0.243 e. The van der Waals surface area contributed by atoms with Crippen LogP contribution in [0.5, 0.6) is 0 Å². The van der Waals surface area contributed by atoms with Crippen LogP contribution in [-0.4, -0.2) is 41.2 Å². The third-order valence-corrected chi connectivity index (χ3v) is 7.22. The van der Waals surface area contributed by atoms with Crippen molar-refractivity contribution in [2.24, 2.45) is 22.9 Å². The molecule has 2 amide bonds. The van der Waals surface area contributed by atoms with Crippen LogP contribution in [0.25, 0.3) is 0 Å². The quantitative estimate of drug-likeness (QED) is 0.262. The maximum atomic E-state index is 13.4. The average Bonchev–Trinajstić information content (AvgIpc) is 2.89. The first-order valence-corrected chi connectivity index (χ1v) is 13.4. The topological polar surface area (TPSA) is 108 Å². The number of benzene rings is 1. The lowest BCUT2D eigenvalue weighted by Crippen LogP contribution is -2.57. The molecule has 0 heterocycles. The molecule has 1 saturated carbocycles. The van der Waals surface area contributed by atoms with E-state index >= 15 is 0 Å². The Balaban J connectivity index is 2.16. The first-order chi connectivity index (χ1) is 17.3. The van der Waals surface area contributed by atoms with Gasteiger partial charge in [0.15, 0.2) is 0 Å². The van der Waals surface area contributed by atoms with Crippen molar-refractivity contribution in [1.29, 1.82) is 0 Å². The largest absolute Gasteiger partial charge is 0.389 e. The van der Waals surface area contributed by atoms with Crippen molar-refractivity contribution in [1.82, 2.24) is 10.6 Å². The minimum atomic E-state index is -1.10. The van der Waals surface area contributed by atoms with Crippen molar-refractivity contribution < 1.29 is 14.7 Å². The molecule has 7 nitrogen and oxygen atoms in total. The van der Waals surface area contributed by atoms with E-state index in [0.717, 1.165) is 37.7 Å². The van der Waals surface area contributed by atoms with Gasteiger partial charge in [0.2, 0.25) is 11.8 Å². The number of aliphatic hydroxyl groups is 1. The van der Waals surface area contributed by atoms with Crippen LogP contribution < -0.4 is 10.6 Å². The van der Waals surface area contributed by atoms with Crippen LogP contribution in [0.15, 0.2) is 35.5 Å². The first-order valence-electron chi connectivity index (χ1n) is 13.4. The van der Waals surface area contributed by atoms with E-state index in [2.05, 4.69) is 21.7 Å². The number of amides is 2. The Morgan fingerprint density at radius 2 is 1.78 bits per heavy atom. The Hall–Kier alpha value is -2.72. The normalized spacial score (nSPS) is 18.3. The van der Waals surface area contributed by atoms with Gasteiger partial charge in [-0.1, -0.05) is 75.5 Å². The van der Waals surface area contributed by atoms with Crippen LogP contribution in [0.1, 0.15) is 77.7 Å². The van der Waals surface area contributed by atoms with Crippen LogP contribution in [0.2, 0.25) is 0 Å². The van der Waals surface area contributed by atoms with Gasteiger partial charge in [0, 0.05) is 12.3 Å². The van der Waals surface area contributed by atoms with Gasteiger partial charge in [-0.25, -0.2) is 0 Å². The van der Waals surface area contributed by atoms with E-state index in [1.165, 1.54) is 0 Å². The fourth-order valence-electron chi connectivity index (χ4n) is 5.15. The van der Waals surface area contributed by atoms with E-state index in [1.54, 1.807) is 0 Å². The van der Waals surface area contributed by atoms with Gasteiger partial charge in [-0.2, -0.15) is 4.91 Å². The fourth-order valence-corrected chi connectivity index (χ4v) is 5.15. The second-order valence-corrected chi connectivity index (χ2v) is 10.5. The van der Waals surface area contributed by atoms with Crippen LogP contribution in [-0.2, 0) is 16.0 Å². The number of carbonyl (C=O) groups excluding carboxylic acids is 2. The molecule has 1 aliphatic rings. The molecule has 0 radical (unpaired) electrons. The van der Waals surface area contributed by atoms with Crippen LogP contribution in [0.4, 0.5) is 0 Å². The molecule has 36 heavy (non-hydrogen) atoms. The third kappa shape index (κ3) is 9.05. The number of nitroso groups, excluding NO2 is 1. The van der Waals surface area contributed by atoms with Crippen molar-refractivity contribution in [3.05, 3.63) is 40.8 Å². The molecule has 1 fully saturated rings. The molecule has 0 bridgehead atoms. The van der Waals surface area contributed by atoms with Crippen molar-refractivity contribution in [2.75, 3.05) is 0 Å². The summed E-state index contributed by atoms with van der Waals surface area (Å²) in [6, 6.07) is 7.41. The molecule has 0 aromatic heterocycles. The lowest BCUT2D eigenvalue weighted by atomic mass is 9.79. The second kappa shape index (κ2) is 15.4. The van der Waals surface area contributed by atoms with E-state index in [4.69, 9.17) is 6.42 Å². The standard InChI is InChI=1S/C29H43N3O4/c1-5-13-24(30-28(34)22(6-2)19-21-14-9-7-10-15-21)29(35)31-26(23-16-11-8-12-17-23)27(33)25(32-36)18-20(3)4/h1,7,9-10,14-15,20,22-27,33H,6,8,11-13,16-19H2,2-4H3,(H,30,34)(H,31,35)/t22?,24-,25-,26?,27-/m0/s1. The number of hydrogen-bond acceptors (Lipinski definition) is 5. The minimum absolute atomic E-state index is 0.0359. The molecular formula is C29H43N3O4. The highest BCUT2D eigenvalue weighted by atomic mass is 16.3. The predicted octanol–water partition coefficient (Wildman–Crippen LogP) is 4.37. The zero-order chi connectivity index (χ0) is 26.5. The number of aliphatic hydroxyl groups excluding tert-OH is 1. The van der Waals surface area contributed by atoms with Gasteiger partial charge in [-0.15, -0.1) is 12.3 Å². The Morgan fingerprint density at radius 1 is 1.11 bits per heavy atom. The van der Waals surface area contributed by atoms with Gasteiger partial charge in [-0.05, 0) is 49.5 Å². The van der Waals surface area contributed by atoms with Gasteiger partial charge in [0.1, 0.15) is 18.2 Å². The van der Waals surface area contributed by atoms with Crippen LogP contribution in [0, 0.1) is 35.0 Å². The van der Waals surface area contributed by atoms with Crippen LogP contribution in [0.3, 0.4) is 0 Å². The maximum absolute atomic E-state index is 13.4. The number of hydrogen-bond donors (Lipinski definition) is 3.